The zero-order valence-corrected chi connectivity index (χ0v) is 17.0. The molecule has 2 N–H and O–H groups in total. The quantitative estimate of drug-likeness (QED) is 0.364. The summed E-state index contributed by atoms with van der Waals surface area (Å²) in [6.45, 7) is 7.00. The van der Waals surface area contributed by atoms with Crippen molar-refractivity contribution < 1.29 is 19.1 Å². The molecule has 0 saturated carbocycles. The van der Waals surface area contributed by atoms with Crippen molar-refractivity contribution in [3.05, 3.63) is 53.6 Å². The molecule has 154 valence electrons. The van der Waals surface area contributed by atoms with Gasteiger partial charge in [-0.25, -0.2) is 5.43 Å². The number of carbonyl (C=O) groups is 2. The predicted molar refractivity (Wildman–Crippen MR) is 114 cm³/mol. The lowest BCUT2D eigenvalue weighted by molar-refractivity contribution is -0.126. The Morgan fingerprint density at radius 1 is 1.00 bits per heavy atom. The number of rotatable bonds is 10. The summed E-state index contributed by atoms with van der Waals surface area (Å²) in [5, 5.41) is 6.58. The summed E-state index contributed by atoms with van der Waals surface area (Å²) in [5.41, 5.74) is 4.83. The van der Waals surface area contributed by atoms with Crippen molar-refractivity contribution in [3.63, 3.8) is 0 Å². The van der Waals surface area contributed by atoms with Gasteiger partial charge in [0.15, 0.2) is 11.5 Å². The third-order valence-electron chi connectivity index (χ3n) is 3.79. The number of amides is 2. The fraction of sp³-hybridized carbons (Fsp3) is 0.318. The highest BCUT2D eigenvalue weighted by molar-refractivity contribution is 6.03. The summed E-state index contributed by atoms with van der Waals surface area (Å²) in [7, 11) is 0. The van der Waals surface area contributed by atoms with Crippen LogP contribution < -0.4 is 20.2 Å². The molecule has 7 nitrogen and oxygen atoms in total. The van der Waals surface area contributed by atoms with Crippen LogP contribution in [-0.4, -0.2) is 31.2 Å². The Morgan fingerprint density at radius 3 is 2.45 bits per heavy atom. The topological polar surface area (TPSA) is 89.0 Å². The van der Waals surface area contributed by atoms with Crippen LogP contribution in [0.5, 0.6) is 11.5 Å². The lowest BCUT2D eigenvalue weighted by atomic mass is 10.2. The fourth-order valence-corrected chi connectivity index (χ4v) is 2.41. The molecular formula is C22H27N3O4. The monoisotopic (exact) mass is 397 g/mol. The minimum atomic E-state index is -0.501. The number of nitrogens with zero attached hydrogens (tertiary/aromatic N) is 1. The highest BCUT2D eigenvalue weighted by Crippen LogP contribution is 2.28. The molecule has 7 heteroatoms. The number of hydrogen-bond donors (Lipinski definition) is 2. The van der Waals surface area contributed by atoms with Gasteiger partial charge in [0.05, 0.1) is 19.4 Å². The second-order valence-corrected chi connectivity index (χ2v) is 6.37. The summed E-state index contributed by atoms with van der Waals surface area (Å²) in [5.74, 6) is 0.382. The summed E-state index contributed by atoms with van der Waals surface area (Å²) >= 11 is 0. The fourth-order valence-electron chi connectivity index (χ4n) is 2.41. The van der Waals surface area contributed by atoms with Crippen LogP contribution >= 0.6 is 0 Å². The Balaban J connectivity index is 1.87. The van der Waals surface area contributed by atoms with Gasteiger partial charge < -0.3 is 14.8 Å². The Labute approximate surface area is 171 Å². The summed E-state index contributed by atoms with van der Waals surface area (Å²) in [6.07, 6.45) is 2.07. The maximum Gasteiger partial charge on any atom is 0.249 e. The molecule has 2 amide bonds. The molecule has 2 aromatic rings. The molecule has 0 fully saturated rings. The molecule has 0 unspecified atom stereocenters. The van der Waals surface area contributed by atoms with E-state index in [0.717, 1.165) is 17.5 Å². The molecule has 0 aromatic heterocycles. The molecule has 2 rings (SSSR count). The average Bonchev–Trinajstić information content (AvgIpc) is 2.69. The van der Waals surface area contributed by atoms with Crippen molar-refractivity contribution in [2.24, 2.45) is 5.10 Å². The maximum atomic E-state index is 11.9. The van der Waals surface area contributed by atoms with E-state index in [1.54, 1.807) is 24.3 Å². The van der Waals surface area contributed by atoms with E-state index in [2.05, 4.69) is 15.8 Å². The number of carbonyl (C=O) groups excluding carboxylic acids is 2. The zero-order valence-electron chi connectivity index (χ0n) is 17.0. The van der Waals surface area contributed by atoms with Gasteiger partial charge in [-0.2, -0.15) is 5.10 Å². The first-order chi connectivity index (χ1) is 14.0. The van der Waals surface area contributed by atoms with E-state index in [1.165, 1.54) is 6.21 Å². The number of hydrogen-bond acceptors (Lipinski definition) is 5. The molecule has 2 aromatic carbocycles. The normalized spacial score (nSPS) is 10.6. The minimum Gasteiger partial charge on any atom is -0.490 e. The first-order valence-corrected chi connectivity index (χ1v) is 9.60. The number of aryl methyl sites for hydroxylation is 1. The van der Waals surface area contributed by atoms with E-state index in [4.69, 9.17) is 9.47 Å². The van der Waals surface area contributed by atoms with Gasteiger partial charge in [-0.05, 0) is 56.2 Å². The van der Waals surface area contributed by atoms with Gasteiger partial charge in [-0.3, -0.25) is 9.59 Å². The molecule has 0 aliphatic rings. The van der Waals surface area contributed by atoms with Crippen LogP contribution in [0.2, 0.25) is 0 Å². The lowest BCUT2D eigenvalue weighted by Crippen LogP contribution is -2.24. The smallest absolute Gasteiger partial charge is 0.249 e. The Hall–Kier alpha value is -3.35. The van der Waals surface area contributed by atoms with E-state index >= 15 is 0 Å². The van der Waals surface area contributed by atoms with Crippen molar-refractivity contribution in [1.82, 2.24) is 5.43 Å². The van der Waals surface area contributed by atoms with Gasteiger partial charge in [-0.1, -0.05) is 24.6 Å². The predicted octanol–water partition coefficient (Wildman–Crippen LogP) is 3.66. The molecule has 0 aliphatic heterocycles. The van der Waals surface area contributed by atoms with Crippen LogP contribution in [0.15, 0.2) is 47.6 Å². The maximum absolute atomic E-state index is 11.9. The number of anilines is 1. The first-order valence-electron chi connectivity index (χ1n) is 9.60. The van der Waals surface area contributed by atoms with Crippen LogP contribution in [0.4, 0.5) is 5.69 Å². The van der Waals surface area contributed by atoms with Crippen molar-refractivity contribution in [3.8, 4) is 11.5 Å². The molecule has 0 bridgehead atoms. The van der Waals surface area contributed by atoms with Gasteiger partial charge in [0.1, 0.15) is 6.42 Å². The molecule has 0 heterocycles. The van der Waals surface area contributed by atoms with Gasteiger partial charge in [0, 0.05) is 5.69 Å². The third kappa shape index (κ3) is 7.65. The van der Waals surface area contributed by atoms with Gasteiger partial charge >= 0.3 is 0 Å². The molecule has 0 atom stereocenters. The van der Waals surface area contributed by atoms with Crippen LogP contribution in [-0.2, 0) is 9.59 Å². The Morgan fingerprint density at radius 2 is 1.76 bits per heavy atom. The summed E-state index contributed by atoms with van der Waals surface area (Å²) in [6, 6.07) is 12.7. The van der Waals surface area contributed by atoms with Crippen LogP contribution in [0.25, 0.3) is 0 Å². The highest BCUT2D eigenvalue weighted by Gasteiger charge is 2.09. The first kappa shape index (κ1) is 21.9. The van der Waals surface area contributed by atoms with E-state index in [1.807, 2.05) is 39.0 Å². The Bertz CT molecular complexity index is 848. The summed E-state index contributed by atoms with van der Waals surface area (Å²) in [4.78, 5) is 23.8. The lowest BCUT2D eigenvalue weighted by Gasteiger charge is -2.11. The van der Waals surface area contributed by atoms with E-state index in [-0.39, 0.29) is 6.42 Å². The van der Waals surface area contributed by atoms with E-state index < -0.39 is 11.8 Å². The van der Waals surface area contributed by atoms with Crippen LogP contribution in [0.1, 0.15) is 37.8 Å². The number of ether oxygens (including phenoxy) is 2. The second kappa shape index (κ2) is 11.5. The largest absolute Gasteiger partial charge is 0.490 e. The molecule has 0 saturated heterocycles. The number of hydrazone groups is 1. The van der Waals surface area contributed by atoms with Crippen molar-refractivity contribution in [2.75, 3.05) is 18.5 Å². The minimum absolute atomic E-state index is 0.320. The Kier molecular flexibility index (Phi) is 8.69. The van der Waals surface area contributed by atoms with Crippen molar-refractivity contribution >= 4 is 23.7 Å². The van der Waals surface area contributed by atoms with E-state index in [9.17, 15) is 9.59 Å². The molecule has 0 radical (unpaired) electrons. The SMILES string of the molecule is CCCOc1ccc(C=NNC(=O)CC(=O)Nc2ccc(C)cc2)cc1OCC. The molecule has 0 spiro atoms. The highest BCUT2D eigenvalue weighted by atomic mass is 16.5. The number of nitrogens with one attached hydrogen (secondary N) is 2. The molecular weight excluding hydrogens is 370 g/mol. The number of benzene rings is 2. The van der Waals surface area contributed by atoms with Gasteiger partial charge in [0.2, 0.25) is 11.8 Å². The molecule has 29 heavy (non-hydrogen) atoms. The summed E-state index contributed by atoms with van der Waals surface area (Å²) < 4.78 is 11.2. The standard InChI is InChI=1S/C22H27N3O4/c1-4-12-29-19-11-8-17(13-20(19)28-5-2)15-23-25-22(27)14-21(26)24-18-9-6-16(3)7-10-18/h6-11,13,15H,4-5,12,14H2,1-3H3,(H,24,26)(H,25,27). The van der Waals surface area contributed by atoms with Crippen LogP contribution in [0, 0.1) is 6.92 Å². The van der Waals surface area contributed by atoms with Crippen molar-refractivity contribution in [2.45, 2.75) is 33.6 Å². The van der Waals surface area contributed by atoms with Gasteiger partial charge in [0.25, 0.3) is 0 Å². The second-order valence-electron chi connectivity index (χ2n) is 6.37. The average molecular weight is 397 g/mol. The molecule has 0 aliphatic carbocycles. The van der Waals surface area contributed by atoms with Gasteiger partial charge in [-0.15, -0.1) is 0 Å². The van der Waals surface area contributed by atoms with Crippen molar-refractivity contribution in [1.29, 1.82) is 0 Å². The van der Waals surface area contributed by atoms with Crippen LogP contribution in [0.3, 0.4) is 0 Å². The van der Waals surface area contributed by atoms with E-state index in [0.29, 0.717) is 30.4 Å². The third-order valence-corrected chi connectivity index (χ3v) is 3.79. The zero-order chi connectivity index (χ0) is 21.1.